The van der Waals surface area contributed by atoms with E-state index in [9.17, 15) is 9.59 Å². The van der Waals surface area contributed by atoms with E-state index in [4.69, 9.17) is 4.74 Å². The molecule has 0 unspecified atom stereocenters. The van der Waals surface area contributed by atoms with Crippen LogP contribution >= 0.6 is 0 Å². The van der Waals surface area contributed by atoms with Crippen molar-refractivity contribution in [3.05, 3.63) is 53.1 Å². The molecule has 0 bridgehead atoms. The minimum Gasteiger partial charge on any atom is -0.469 e. The summed E-state index contributed by atoms with van der Waals surface area (Å²) in [4.78, 5) is 25.9. The van der Waals surface area contributed by atoms with Gasteiger partial charge in [-0.1, -0.05) is 57.9 Å². The van der Waals surface area contributed by atoms with E-state index in [2.05, 4.69) is 50.4 Å². The zero-order valence-corrected chi connectivity index (χ0v) is 20.3. The van der Waals surface area contributed by atoms with Gasteiger partial charge in [-0.3, -0.25) is 9.69 Å². The number of urea groups is 1. The van der Waals surface area contributed by atoms with Crippen LogP contribution in [0.2, 0.25) is 0 Å². The summed E-state index contributed by atoms with van der Waals surface area (Å²) in [7, 11) is 3.24. The number of hydrogen-bond acceptors (Lipinski definition) is 3. The van der Waals surface area contributed by atoms with E-state index >= 15 is 0 Å². The number of rotatable bonds is 11. The van der Waals surface area contributed by atoms with E-state index in [1.54, 1.807) is 11.9 Å². The standard InChI is InChI=1S/C27H38N2O3/c1-6-9-10-16-28-27(31)29(4)24-13-11-12-22(19-24)23-17-20(7-2)25(21(8-3)18-23)14-15-26(30)32-5/h11-13,17-19H,6-10,14-16H2,1-5H3,(H,28,31). The fraction of sp³-hybridized carbons (Fsp3) is 0.481. The van der Waals surface area contributed by atoms with E-state index in [-0.39, 0.29) is 12.0 Å². The third kappa shape index (κ3) is 6.84. The molecule has 174 valence electrons. The molecule has 32 heavy (non-hydrogen) atoms. The number of ether oxygens (including phenoxy) is 1. The van der Waals surface area contributed by atoms with Gasteiger partial charge in [0.1, 0.15) is 0 Å². The summed E-state index contributed by atoms with van der Waals surface area (Å²) in [5.74, 6) is -0.179. The molecule has 0 aliphatic heterocycles. The van der Waals surface area contributed by atoms with Crippen LogP contribution in [0.4, 0.5) is 10.5 Å². The molecule has 0 spiro atoms. The average molecular weight is 439 g/mol. The lowest BCUT2D eigenvalue weighted by atomic mass is 9.89. The number of methoxy groups -OCH3 is 1. The second kappa shape index (κ2) is 12.9. The molecule has 5 nitrogen and oxygen atoms in total. The molecule has 2 rings (SSSR count). The normalized spacial score (nSPS) is 10.7. The van der Waals surface area contributed by atoms with Gasteiger partial charge in [-0.05, 0) is 65.6 Å². The first-order chi connectivity index (χ1) is 15.4. The Morgan fingerprint density at radius 1 is 0.969 bits per heavy atom. The van der Waals surface area contributed by atoms with Crippen LogP contribution < -0.4 is 10.2 Å². The number of aryl methyl sites for hydroxylation is 2. The van der Waals surface area contributed by atoms with Gasteiger partial charge < -0.3 is 10.1 Å². The fourth-order valence-corrected chi connectivity index (χ4v) is 3.95. The summed E-state index contributed by atoms with van der Waals surface area (Å²) < 4.78 is 4.83. The van der Waals surface area contributed by atoms with Gasteiger partial charge >= 0.3 is 12.0 Å². The third-order valence-electron chi connectivity index (χ3n) is 5.93. The van der Waals surface area contributed by atoms with Gasteiger partial charge in [-0.15, -0.1) is 0 Å². The summed E-state index contributed by atoms with van der Waals surface area (Å²) in [6.07, 6.45) is 6.14. The van der Waals surface area contributed by atoms with Crippen molar-refractivity contribution in [3.63, 3.8) is 0 Å². The van der Waals surface area contributed by atoms with Crippen LogP contribution in [0, 0.1) is 0 Å². The topological polar surface area (TPSA) is 58.6 Å². The highest BCUT2D eigenvalue weighted by Gasteiger charge is 2.14. The lowest BCUT2D eigenvalue weighted by molar-refractivity contribution is -0.140. The number of benzene rings is 2. The molecule has 0 saturated heterocycles. The Balaban J connectivity index is 2.27. The number of anilines is 1. The van der Waals surface area contributed by atoms with Crippen LogP contribution in [-0.2, 0) is 28.8 Å². The zero-order chi connectivity index (χ0) is 23.5. The maximum Gasteiger partial charge on any atom is 0.321 e. The number of nitrogens with zero attached hydrogens (tertiary/aromatic N) is 1. The van der Waals surface area contributed by atoms with Gasteiger partial charge in [0.25, 0.3) is 0 Å². The van der Waals surface area contributed by atoms with Gasteiger partial charge in [0.05, 0.1) is 7.11 Å². The second-order valence-electron chi connectivity index (χ2n) is 8.10. The molecule has 2 aromatic rings. The van der Waals surface area contributed by atoms with Gasteiger partial charge in [-0.25, -0.2) is 4.79 Å². The molecule has 0 aliphatic carbocycles. The molecule has 2 aromatic carbocycles. The third-order valence-corrected chi connectivity index (χ3v) is 5.93. The first-order valence-electron chi connectivity index (χ1n) is 11.8. The second-order valence-corrected chi connectivity index (χ2v) is 8.10. The first kappa shape index (κ1) is 25.4. The predicted octanol–water partition coefficient (Wildman–Crippen LogP) is 5.92. The smallest absolute Gasteiger partial charge is 0.321 e. The molecule has 0 radical (unpaired) electrons. The molecule has 2 amide bonds. The highest BCUT2D eigenvalue weighted by Crippen LogP contribution is 2.30. The average Bonchev–Trinajstić information content (AvgIpc) is 2.83. The zero-order valence-electron chi connectivity index (χ0n) is 20.3. The largest absolute Gasteiger partial charge is 0.469 e. The lowest BCUT2D eigenvalue weighted by Crippen LogP contribution is -2.37. The molecule has 0 saturated carbocycles. The monoisotopic (exact) mass is 438 g/mol. The summed E-state index contributed by atoms with van der Waals surface area (Å²) in [6, 6.07) is 12.5. The number of carbonyl (C=O) groups excluding carboxylic acids is 2. The Bertz CT molecular complexity index is 883. The van der Waals surface area contributed by atoms with Crippen molar-refractivity contribution in [2.45, 2.75) is 65.7 Å². The predicted molar refractivity (Wildman–Crippen MR) is 132 cm³/mol. The summed E-state index contributed by atoms with van der Waals surface area (Å²) in [6.45, 7) is 7.14. The number of carbonyl (C=O) groups is 2. The number of amides is 2. The first-order valence-corrected chi connectivity index (χ1v) is 11.8. The highest BCUT2D eigenvalue weighted by molar-refractivity contribution is 5.92. The Labute approximate surface area is 193 Å². The van der Waals surface area contributed by atoms with Crippen LogP contribution in [0.25, 0.3) is 11.1 Å². The molecular weight excluding hydrogens is 400 g/mol. The molecule has 0 atom stereocenters. The van der Waals surface area contributed by atoms with Crippen LogP contribution in [0.3, 0.4) is 0 Å². The number of hydrogen-bond donors (Lipinski definition) is 1. The van der Waals surface area contributed by atoms with Crippen molar-refractivity contribution in [1.82, 2.24) is 5.32 Å². The lowest BCUT2D eigenvalue weighted by Gasteiger charge is -2.20. The molecular formula is C27H38N2O3. The maximum atomic E-state index is 12.5. The minimum atomic E-state index is -0.179. The van der Waals surface area contributed by atoms with E-state index in [1.165, 1.54) is 23.8 Å². The SMILES string of the molecule is CCCCCNC(=O)N(C)c1cccc(-c2cc(CC)c(CCC(=O)OC)c(CC)c2)c1. The van der Waals surface area contributed by atoms with Gasteiger partial charge in [0.15, 0.2) is 0 Å². The Kier molecular flexibility index (Phi) is 10.3. The van der Waals surface area contributed by atoms with Gasteiger partial charge in [-0.2, -0.15) is 0 Å². The summed E-state index contributed by atoms with van der Waals surface area (Å²) >= 11 is 0. The van der Waals surface area contributed by atoms with Gasteiger partial charge in [0, 0.05) is 25.7 Å². The van der Waals surface area contributed by atoms with Crippen molar-refractivity contribution in [2.24, 2.45) is 0 Å². The van der Waals surface area contributed by atoms with Crippen molar-refractivity contribution < 1.29 is 14.3 Å². The van der Waals surface area contributed by atoms with Crippen molar-refractivity contribution in [2.75, 3.05) is 25.6 Å². The maximum absolute atomic E-state index is 12.5. The quantitative estimate of drug-likeness (QED) is 0.350. The Morgan fingerprint density at radius 2 is 1.66 bits per heavy atom. The van der Waals surface area contributed by atoms with Crippen molar-refractivity contribution >= 4 is 17.7 Å². The minimum absolute atomic E-state index is 0.0834. The van der Waals surface area contributed by atoms with Crippen LogP contribution in [-0.4, -0.2) is 32.7 Å². The molecule has 0 heterocycles. The Hall–Kier alpha value is -2.82. The van der Waals surface area contributed by atoms with Crippen LogP contribution in [0.1, 0.15) is 63.1 Å². The van der Waals surface area contributed by atoms with Gasteiger partial charge in [0.2, 0.25) is 0 Å². The molecule has 0 fully saturated rings. The number of unbranched alkanes of at least 4 members (excludes halogenated alkanes) is 2. The molecule has 0 aromatic heterocycles. The van der Waals surface area contributed by atoms with Crippen LogP contribution in [0.15, 0.2) is 36.4 Å². The highest BCUT2D eigenvalue weighted by atomic mass is 16.5. The Morgan fingerprint density at radius 3 is 2.25 bits per heavy atom. The molecule has 1 N–H and O–H groups in total. The van der Waals surface area contributed by atoms with Crippen molar-refractivity contribution in [3.8, 4) is 11.1 Å². The molecule has 5 heteroatoms. The van der Waals surface area contributed by atoms with Crippen LogP contribution in [0.5, 0.6) is 0 Å². The van der Waals surface area contributed by atoms with E-state index in [0.717, 1.165) is 48.9 Å². The summed E-state index contributed by atoms with van der Waals surface area (Å²) in [5.41, 5.74) is 6.85. The van der Waals surface area contributed by atoms with Crippen molar-refractivity contribution in [1.29, 1.82) is 0 Å². The fourth-order valence-electron chi connectivity index (χ4n) is 3.95. The van der Waals surface area contributed by atoms with E-state index in [1.807, 2.05) is 12.1 Å². The summed E-state index contributed by atoms with van der Waals surface area (Å²) in [5, 5.41) is 3.00. The number of esters is 1. The molecule has 0 aliphatic rings. The van der Waals surface area contributed by atoms with E-state index < -0.39 is 0 Å². The number of nitrogens with one attached hydrogen (secondary N) is 1. The van der Waals surface area contributed by atoms with E-state index in [0.29, 0.717) is 19.4 Å².